The summed E-state index contributed by atoms with van der Waals surface area (Å²) in [7, 11) is 1.91. The maximum Gasteiger partial charge on any atom is 0.232 e. The van der Waals surface area contributed by atoms with Gasteiger partial charge in [-0.15, -0.1) is 0 Å². The summed E-state index contributed by atoms with van der Waals surface area (Å²) < 4.78 is 22.0. The van der Waals surface area contributed by atoms with E-state index in [2.05, 4.69) is 12.1 Å². The topological polar surface area (TPSA) is 34.1 Å². The molecule has 0 bridgehead atoms. The minimum atomic E-state index is -3.35. The van der Waals surface area contributed by atoms with E-state index in [-0.39, 0.29) is 11.7 Å². The lowest BCUT2D eigenvalue weighted by Gasteiger charge is -2.23. The van der Waals surface area contributed by atoms with Gasteiger partial charge in [-0.3, -0.25) is 0 Å². The number of hydrogen-bond donors (Lipinski definition) is 0. The molecule has 1 aromatic rings. The van der Waals surface area contributed by atoms with E-state index in [0.717, 1.165) is 19.3 Å². The van der Waals surface area contributed by atoms with Crippen LogP contribution in [0.3, 0.4) is 0 Å². The Balaban J connectivity index is 2.12. The van der Waals surface area contributed by atoms with Gasteiger partial charge in [0, 0.05) is 10.7 Å². The van der Waals surface area contributed by atoms with Crippen molar-refractivity contribution in [1.29, 1.82) is 0 Å². The molecule has 4 heteroatoms. The molecular weight excluding hydrogens is 232 g/mol. The molecule has 0 saturated heterocycles. The third kappa shape index (κ3) is 2.95. The van der Waals surface area contributed by atoms with Crippen LogP contribution >= 0.6 is 10.7 Å². The highest BCUT2D eigenvalue weighted by Gasteiger charge is 2.22. The third-order valence-corrected chi connectivity index (χ3v) is 4.13. The molecule has 82 valence electrons. The lowest BCUT2D eigenvalue weighted by atomic mass is 9.85. The largest absolute Gasteiger partial charge is 0.232 e. The van der Waals surface area contributed by atoms with Crippen LogP contribution < -0.4 is 0 Å². The zero-order valence-corrected chi connectivity index (χ0v) is 9.89. The quantitative estimate of drug-likeness (QED) is 0.749. The monoisotopic (exact) mass is 244 g/mol. The smallest absolute Gasteiger partial charge is 0.212 e. The van der Waals surface area contributed by atoms with E-state index in [9.17, 15) is 8.42 Å². The Hall–Kier alpha value is -0.540. The molecule has 0 saturated carbocycles. The maximum absolute atomic E-state index is 11.0. The number of benzene rings is 1. The van der Waals surface area contributed by atoms with Gasteiger partial charge in [-0.1, -0.05) is 24.3 Å². The van der Waals surface area contributed by atoms with Crippen molar-refractivity contribution in [3.05, 3.63) is 35.4 Å². The average molecular weight is 245 g/mol. The predicted molar refractivity (Wildman–Crippen MR) is 61.6 cm³/mol. The number of hydrogen-bond acceptors (Lipinski definition) is 2. The summed E-state index contributed by atoms with van der Waals surface area (Å²) >= 11 is 0. The van der Waals surface area contributed by atoms with Crippen molar-refractivity contribution in [2.24, 2.45) is 5.92 Å². The molecule has 0 heterocycles. The van der Waals surface area contributed by atoms with Crippen molar-refractivity contribution in [3.8, 4) is 0 Å². The Bertz CT molecular complexity index is 453. The van der Waals surface area contributed by atoms with Gasteiger partial charge >= 0.3 is 0 Å². The number of halogens is 1. The van der Waals surface area contributed by atoms with Crippen molar-refractivity contribution < 1.29 is 8.42 Å². The number of rotatable bonds is 2. The first-order valence-corrected chi connectivity index (χ1v) is 7.51. The van der Waals surface area contributed by atoms with Crippen molar-refractivity contribution in [2.75, 3.05) is 5.75 Å². The SMILES string of the molecule is O=S(=O)(Cl)C[C@@H]1CCc2ccccc2C1. The van der Waals surface area contributed by atoms with Crippen LogP contribution in [0.15, 0.2) is 24.3 Å². The van der Waals surface area contributed by atoms with Crippen molar-refractivity contribution in [2.45, 2.75) is 19.3 Å². The first-order chi connectivity index (χ1) is 7.04. The third-order valence-electron chi connectivity index (χ3n) is 2.88. The highest BCUT2D eigenvalue weighted by atomic mass is 35.7. The minimum absolute atomic E-state index is 0.100. The Morgan fingerprint density at radius 2 is 1.93 bits per heavy atom. The van der Waals surface area contributed by atoms with E-state index in [0.29, 0.717) is 0 Å². The fourth-order valence-electron chi connectivity index (χ4n) is 2.20. The first-order valence-electron chi connectivity index (χ1n) is 5.04. The van der Waals surface area contributed by atoms with Crippen LogP contribution in [0.4, 0.5) is 0 Å². The summed E-state index contributed by atoms with van der Waals surface area (Å²) in [5.41, 5.74) is 2.62. The zero-order chi connectivity index (χ0) is 10.9. The van der Waals surface area contributed by atoms with Gasteiger partial charge in [-0.05, 0) is 36.3 Å². The molecule has 0 radical (unpaired) electrons. The van der Waals surface area contributed by atoms with Gasteiger partial charge in [0.2, 0.25) is 9.05 Å². The molecule has 0 aromatic heterocycles. The fourth-order valence-corrected chi connectivity index (χ4v) is 3.58. The van der Waals surface area contributed by atoms with E-state index in [1.54, 1.807) is 0 Å². The lowest BCUT2D eigenvalue weighted by Crippen LogP contribution is -2.20. The predicted octanol–water partition coefficient (Wildman–Crippen LogP) is 2.36. The normalized spacial score (nSPS) is 21.0. The molecule has 1 aliphatic rings. The summed E-state index contributed by atoms with van der Waals surface area (Å²) in [5, 5.41) is 0. The molecular formula is C11H13ClO2S. The van der Waals surface area contributed by atoms with Crippen LogP contribution in [0.25, 0.3) is 0 Å². The van der Waals surface area contributed by atoms with Crippen LogP contribution in [0, 0.1) is 5.92 Å². The summed E-state index contributed by atoms with van der Waals surface area (Å²) in [5.74, 6) is 0.283. The lowest BCUT2D eigenvalue weighted by molar-refractivity contribution is 0.495. The van der Waals surface area contributed by atoms with Gasteiger partial charge in [0.05, 0.1) is 5.75 Å². The number of aryl methyl sites for hydroxylation is 1. The van der Waals surface area contributed by atoms with Gasteiger partial charge in [-0.25, -0.2) is 8.42 Å². The van der Waals surface area contributed by atoms with Crippen LogP contribution in [0.2, 0.25) is 0 Å². The molecule has 0 spiro atoms. The molecule has 0 aliphatic heterocycles. The molecule has 15 heavy (non-hydrogen) atoms. The second kappa shape index (κ2) is 4.14. The van der Waals surface area contributed by atoms with Crippen LogP contribution in [0.1, 0.15) is 17.5 Å². The van der Waals surface area contributed by atoms with E-state index in [4.69, 9.17) is 10.7 Å². The molecule has 0 amide bonds. The Morgan fingerprint density at radius 3 is 2.60 bits per heavy atom. The van der Waals surface area contributed by atoms with Gasteiger partial charge < -0.3 is 0 Å². The van der Waals surface area contributed by atoms with Crippen LogP contribution in [0.5, 0.6) is 0 Å². The molecule has 0 fully saturated rings. The Morgan fingerprint density at radius 1 is 1.27 bits per heavy atom. The summed E-state index contributed by atoms with van der Waals surface area (Å²) in [6.45, 7) is 0. The Kier molecular flexibility index (Phi) is 3.03. The first kappa shape index (κ1) is 11.0. The highest BCUT2D eigenvalue weighted by molar-refractivity contribution is 8.13. The van der Waals surface area contributed by atoms with E-state index >= 15 is 0 Å². The molecule has 2 rings (SSSR count). The standard InChI is InChI=1S/C11H13ClO2S/c12-15(13,14)8-9-5-6-10-3-1-2-4-11(10)7-9/h1-4,9H,5-8H2/t9-/m1/s1. The minimum Gasteiger partial charge on any atom is -0.212 e. The zero-order valence-electron chi connectivity index (χ0n) is 8.32. The van der Waals surface area contributed by atoms with Crippen LogP contribution in [-0.2, 0) is 21.9 Å². The highest BCUT2D eigenvalue weighted by Crippen LogP contribution is 2.26. The van der Waals surface area contributed by atoms with E-state index < -0.39 is 9.05 Å². The maximum atomic E-state index is 11.0. The van der Waals surface area contributed by atoms with Crippen molar-refractivity contribution in [1.82, 2.24) is 0 Å². The molecule has 1 atom stereocenters. The van der Waals surface area contributed by atoms with Gasteiger partial charge in [-0.2, -0.15) is 0 Å². The van der Waals surface area contributed by atoms with Crippen molar-refractivity contribution >= 4 is 19.7 Å². The molecule has 1 aromatic carbocycles. The fraction of sp³-hybridized carbons (Fsp3) is 0.455. The Labute approximate surface area is 94.7 Å². The van der Waals surface area contributed by atoms with E-state index in [1.165, 1.54) is 11.1 Å². The van der Waals surface area contributed by atoms with Gasteiger partial charge in [0.15, 0.2) is 0 Å². The second-order valence-corrected chi connectivity index (χ2v) is 6.90. The number of fused-ring (bicyclic) bond motifs is 1. The van der Waals surface area contributed by atoms with Gasteiger partial charge in [0.25, 0.3) is 0 Å². The molecule has 2 nitrogen and oxygen atoms in total. The van der Waals surface area contributed by atoms with Crippen LogP contribution in [-0.4, -0.2) is 14.2 Å². The van der Waals surface area contributed by atoms with Gasteiger partial charge in [0.1, 0.15) is 0 Å². The summed E-state index contributed by atoms with van der Waals surface area (Å²) in [4.78, 5) is 0. The van der Waals surface area contributed by atoms with E-state index in [1.807, 2.05) is 12.1 Å². The average Bonchev–Trinajstić information content (AvgIpc) is 2.15. The second-order valence-electron chi connectivity index (χ2n) is 4.08. The summed E-state index contributed by atoms with van der Waals surface area (Å²) in [6, 6.07) is 8.21. The molecule has 1 aliphatic carbocycles. The molecule has 0 unspecified atom stereocenters. The van der Waals surface area contributed by atoms with Crippen molar-refractivity contribution in [3.63, 3.8) is 0 Å². The summed E-state index contributed by atoms with van der Waals surface area (Å²) in [6.07, 6.45) is 2.72. The molecule has 0 N–H and O–H groups in total.